The summed E-state index contributed by atoms with van der Waals surface area (Å²) in [5.74, 6) is -0.423. The summed E-state index contributed by atoms with van der Waals surface area (Å²) in [6, 6.07) is 12.8. The van der Waals surface area contributed by atoms with Crippen molar-refractivity contribution < 1.29 is 18.0 Å². The van der Waals surface area contributed by atoms with E-state index in [1.807, 2.05) is 0 Å². The van der Waals surface area contributed by atoms with Gasteiger partial charge in [-0.2, -0.15) is 0 Å². The minimum atomic E-state index is -3.53. The molecule has 2 aromatic rings. The SMILES string of the molecule is CNS(=O)(=O)c1cccc(CNC(=O)CCC(=O)c2ccc(Cl)cc2)c1. The summed E-state index contributed by atoms with van der Waals surface area (Å²) in [4.78, 5) is 24.1. The Balaban J connectivity index is 1.86. The van der Waals surface area contributed by atoms with Crippen molar-refractivity contribution in [2.24, 2.45) is 0 Å². The van der Waals surface area contributed by atoms with Crippen molar-refractivity contribution in [3.8, 4) is 0 Å². The standard InChI is InChI=1S/C18H19ClN2O4S/c1-20-26(24,25)16-4-2-3-13(11-16)12-21-18(23)10-9-17(22)14-5-7-15(19)8-6-14/h2-8,11,20H,9-10,12H2,1H3,(H,21,23). The Kier molecular flexibility index (Phi) is 6.90. The monoisotopic (exact) mass is 394 g/mol. The first-order valence-electron chi connectivity index (χ1n) is 7.90. The van der Waals surface area contributed by atoms with Gasteiger partial charge in [-0.25, -0.2) is 13.1 Å². The van der Waals surface area contributed by atoms with Crippen molar-refractivity contribution in [3.05, 3.63) is 64.7 Å². The van der Waals surface area contributed by atoms with E-state index in [9.17, 15) is 18.0 Å². The number of ketones is 1. The molecule has 0 heterocycles. The predicted molar refractivity (Wildman–Crippen MR) is 99.6 cm³/mol. The number of benzene rings is 2. The van der Waals surface area contributed by atoms with Gasteiger partial charge in [-0.15, -0.1) is 0 Å². The number of Topliss-reactive ketones (excluding diaryl/α,β-unsaturated/α-hetero) is 1. The molecule has 2 N–H and O–H groups in total. The van der Waals surface area contributed by atoms with Crippen molar-refractivity contribution in [1.82, 2.24) is 10.0 Å². The topological polar surface area (TPSA) is 92.3 Å². The van der Waals surface area contributed by atoms with Gasteiger partial charge >= 0.3 is 0 Å². The largest absolute Gasteiger partial charge is 0.352 e. The molecular weight excluding hydrogens is 376 g/mol. The highest BCUT2D eigenvalue weighted by atomic mass is 35.5. The van der Waals surface area contributed by atoms with Crippen LogP contribution in [0.1, 0.15) is 28.8 Å². The Labute approximate surface area is 157 Å². The summed E-state index contributed by atoms with van der Waals surface area (Å²) in [6.07, 6.45) is 0.137. The molecule has 2 rings (SSSR count). The lowest BCUT2D eigenvalue weighted by Gasteiger charge is -2.08. The molecular formula is C18H19ClN2O4S. The van der Waals surface area contributed by atoms with E-state index in [4.69, 9.17) is 11.6 Å². The van der Waals surface area contributed by atoms with E-state index in [0.29, 0.717) is 16.1 Å². The second kappa shape index (κ2) is 8.93. The smallest absolute Gasteiger partial charge is 0.240 e. The van der Waals surface area contributed by atoms with Gasteiger partial charge < -0.3 is 5.32 Å². The predicted octanol–water partition coefficient (Wildman–Crippen LogP) is 2.53. The van der Waals surface area contributed by atoms with Crippen LogP contribution in [-0.2, 0) is 21.4 Å². The molecule has 138 valence electrons. The molecule has 8 heteroatoms. The van der Waals surface area contributed by atoms with E-state index < -0.39 is 10.0 Å². The first-order chi connectivity index (χ1) is 12.3. The summed E-state index contributed by atoms with van der Waals surface area (Å²) in [6.45, 7) is 0.182. The van der Waals surface area contributed by atoms with Gasteiger partial charge in [0.15, 0.2) is 5.78 Å². The number of carbonyl (C=O) groups excluding carboxylic acids is 2. The van der Waals surface area contributed by atoms with Crippen LogP contribution in [0.3, 0.4) is 0 Å². The molecule has 0 aliphatic heterocycles. The maximum absolute atomic E-state index is 12.0. The average Bonchev–Trinajstić information content (AvgIpc) is 2.65. The van der Waals surface area contributed by atoms with Crippen molar-refractivity contribution in [2.75, 3.05) is 7.05 Å². The van der Waals surface area contributed by atoms with Crippen LogP contribution in [-0.4, -0.2) is 27.2 Å². The Bertz CT molecular complexity index is 896. The Morgan fingerprint density at radius 2 is 1.73 bits per heavy atom. The highest BCUT2D eigenvalue weighted by molar-refractivity contribution is 7.89. The number of amides is 1. The van der Waals surface area contributed by atoms with Crippen LogP contribution in [0, 0.1) is 0 Å². The zero-order chi connectivity index (χ0) is 19.2. The third-order valence-electron chi connectivity index (χ3n) is 3.71. The maximum atomic E-state index is 12.0. The molecule has 0 aromatic heterocycles. The molecule has 1 amide bonds. The number of rotatable bonds is 8. The van der Waals surface area contributed by atoms with Crippen LogP contribution < -0.4 is 10.0 Å². The Morgan fingerprint density at radius 1 is 1.04 bits per heavy atom. The minimum Gasteiger partial charge on any atom is -0.352 e. The van der Waals surface area contributed by atoms with Gasteiger partial charge in [-0.3, -0.25) is 9.59 Å². The zero-order valence-corrected chi connectivity index (χ0v) is 15.7. The van der Waals surface area contributed by atoms with Gasteiger partial charge in [0.2, 0.25) is 15.9 Å². The van der Waals surface area contributed by atoms with Crippen molar-refractivity contribution >= 4 is 33.3 Å². The second-order valence-electron chi connectivity index (χ2n) is 5.56. The molecule has 0 atom stereocenters. The van der Waals surface area contributed by atoms with Crippen LogP contribution in [0.5, 0.6) is 0 Å². The molecule has 0 saturated carbocycles. The lowest BCUT2D eigenvalue weighted by atomic mass is 10.1. The summed E-state index contributed by atoms with van der Waals surface area (Å²) in [5.41, 5.74) is 1.16. The summed E-state index contributed by atoms with van der Waals surface area (Å²) in [7, 11) is -2.20. The van der Waals surface area contributed by atoms with Gasteiger partial charge in [0.1, 0.15) is 0 Å². The van der Waals surface area contributed by atoms with E-state index in [2.05, 4.69) is 10.0 Å². The maximum Gasteiger partial charge on any atom is 0.240 e. The summed E-state index contributed by atoms with van der Waals surface area (Å²) in [5, 5.41) is 3.23. The highest BCUT2D eigenvalue weighted by Crippen LogP contribution is 2.13. The quantitative estimate of drug-likeness (QED) is 0.673. The summed E-state index contributed by atoms with van der Waals surface area (Å²) >= 11 is 5.77. The second-order valence-corrected chi connectivity index (χ2v) is 7.88. The van der Waals surface area contributed by atoms with Gasteiger partial charge in [-0.1, -0.05) is 23.7 Å². The Hall–Kier alpha value is -2.22. The lowest BCUT2D eigenvalue weighted by Crippen LogP contribution is -2.24. The normalized spacial score (nSPS) is 11.2. The minimum absolute atomic E-state index is 0.0516. The van der Waals surface area contributed by atoms with Gasteiger partial charge in [0.05, 0.1) is 4.90 Å². The molecule has 0 bridgehead atoms. The zero-order valence-electron chi connectivity index (χ0n) is 14.2. The van der Waals surface area contributed by atoms with E-state index in [0.717, 1.165) is 0 Å². The lowest BCUT2D eigenvalue weighted by molar-refractivity contribution is -0.121. The van der Waals surface area contributed by atoms with E-state index in [1.54, 1.807) is 36.4 Å². The van der Waals surface area contributed by atoms with Crippen molar-refractivity contribution in [2.45, 2.75) is 24.3 Å². The molecule has 0 spiro atoms. The van der Waals surface area contributed by atoms with Gasteiger partial charge in [0.25, 0.3) is 0 Å². The molecule has 0 aliphatic rings. The van der Waals surface area contributed by atoms with Crippen LogP contribution in [0.15, 0.2) is 53.4 Å². The molecule has 0 radical (unpaired) electrons. The molecule has 0 unspecified atom stereocenters. The molecule has 0 saturated heterocycles. The fraction of sp³-hybridized carbons (Fsp3) is 0.222. The first kappa shape index (κ1) is 20.1. The van der Waals surface area contributed by atoms with Gasteiger partial charge in [0, 0.05) is 30.0 Å². The Morgan fingerprint density at radius 3 is 2.38 bits per heavy atom. The fourth-order valence-electron chi connectivity index (χ4n) is 2.24. The van der Waals surface area contributed by atoms with Crippen molar-refractivity contribution in [1.29, 1.82) is 0 Å². The number of hydrogen-bond donors (Lipinski definition) is 2. The van der Waals surface area contributed by atoms with Crippen LogP contribution >= 0.6 is 11.6 Å². The fourth-order valence-corrected chi connectivity index (χ4v) is 3.16. The molecule has 2 aromatic carbocycles. The van der Waals surface area contributed by atoms with Crippen molar-refractivity contribution in [3.63, 3.8) is 0 Å². The molecule has 0 aliphatic carbocycles. The number of sulfonamides is 1. The number of nitrogens with one attached hydrogen (secondary N) is 2. The van der Waals surface area contributed by atoms with E-state index in [1.165, 1.54) is 19.2 Å². The van der Waals surface area contributed by atoms with Crippen LogP contribution in [0.25, 0.3) is 0 Å². The molecule has 26 heavy (non-hydrogen) atoms. The number of carbonyl (C=O) groups is 2. The molecule has 6 nitrogen and oxygen atoms in total. The van der Waals surface area contributed by atoms with E-state index >= 15 is 0 Å². The third-order valence-corrected chi connectivity index (χ3v) is 5.38. The van der Waals surface area contributed by atoms with Crippen LogP contribution in [0.4, 0.5) is 0 Å². The van der Waals surface area contributed by atoms with E-state index in [-0.39, 0.29) is 36.0 Å². The summed E-state index contributed by atoms with van der Waals surface area (Å²) < 4.78 is 25.8. The molecule has 0 fully saturated rings. The average molecular weight is 395 g/mol. The number of hydrogen-bond acceptors (Lipinski definition) is 4. The van der Waals surface area contributed by atoms with Crippen LogP contribution in [0.2, 0.25) is 5.02 Å². The number of halogens is 1. The third kappa shape index (κ3) is 5.66. The first-order valence-corrected chi connectivity index (χ1v) is 9.76. The highest BCUT2D eigenvalue weighted by Gasteiger charge is 2.12. The van der Waals surface area contributed by atoms with Gasteiger partial charge in [-0.05, 0) is 49.0 Å².